The molecule has 2 N–H and O–H groups in total. The molecule has 5 nitrogen and oxygen atoms in total. The minimum absolute atomic E-state index is 0. The van der Waals surface area contributed by atoms with Crippen molar-refractivity contribution < 1.29 is 14.4 Å². The normalized spacial score (nSPS) is 8.88. The summed E-state index contributed by atoms with van der Waals surface area (Å²) in [6.07, 6.45) is 0. The minimum Gasteiger partial charge on any atom is -0.478 e. The van der Waals surface area contributed by atoms with Gasteiger partial charge in [-0.3, -0.25) is 0 Å². The van der Waals surface area contributed by atoms with Crippen LogP contribution in [-0.4, -0.2) is 12.6 Å². The summed E-state index contributed by atoms with van der Waals surface area (Å²) in [5.74, 6) is 4.23. The number of rotatable bonds is 3. The van der Waals surface area contributed by atoms with E-state index in [1.807, 2.05) is 6.07 Å². The summed E-state index contributed by atoms with van der Waals surface area (Å²) in [6, 6.07) is 1.95. The molecule has 0 aromatic carbocycles. The van der Waals surface area contributed by atoms with Gasteiger partial charge >= 0.3 is 5.97 Å². The number of ether oxygens (including phenoxy) is 1. The van der Waals surface area contributed by atoms with Gasteiger partial charge in [-0.15, -0.1) is 23.7 Å². The van der Waals surface area contributed by atoms with Gasteiger partial charge in [-0.2, -0.15) is 11.2 Å². The second kappa shape index (κ2) is 7.09. The van der Waals surface area contributed by atoms with Crippen molar-refractivity contribution in [1.82, 2.24) is 0 Å². The Morgan fingerprint density at radius 1 is 1.56 bits per heavy atom. The maximum atomic E-state index is 10.7. The fraction of sp³-hybridized carbons (Fsp3) is 0.143. The molecule has 0 bridgehead atoms. The summed E-state index contributed by atoms with van der Waals surface area (Å²) in [5.41, 5.74) is 0. The molecule has 0 unspecified atom stereocenters. The first-order valence-electron chi connectivity index (χ1n) is 3.50. The Morgan fingerprint density at radius 3 is 2.69 bits per heavy atom. The van der Waals surface area contributed by atoms with Crippen LogP contribution in [0.5, 0.6) is 5.75 Å². The molecule has 0 atom stereocenters. The molecule has 1 aromatic heterocycles. The molecule has 0 aliphatic heterocycles. The van der Waals surface area contributed by atoms with E-state index >= 15 is 0 Å². The van der Waals surface area contributed by atoms with Crippen molar-refractivity contribution in [1.29, 1.82) is 5.26 Å². The Balaban J connectivity index is 0.00000225. The Bertz CT molecular complexity index is 432. The summed E-state index contributed by atoms with van der Waals surface area (Å²) in [7, 11) is 0. The number of halogens is 3. The standard InChI is InChI=1S/C7H4Br2N2O3S.ClH/c8-5-6(13-2-4(12)14-11)3(1-10)15-7(5)9;/h2,11H2;1H. The van der Waals surface area contributed by atoms with Crippen LogP contribution in [0.1, 0.15) is 4.88 Å². The first-order chi connectivity index (χ1) is 7.10. The molecule has 1 heterocycles. The maximum absolute atomic E-state index is 10.7. The van der Waals surface area contributed by atoms with E-state index in [9.17, 15) is 4.79 Å². The number of nitrogens with two attached hydrogens (primary N) is 1. The van der Waals surface area contributed by atoms with Crippen LogP contribution in [0.3, 0.4) is 0 Å². The van der Waals surface area contributed by atoms with Crippen molar-refractivity contribution in [3.8, 4) is 11.8 Å². The number of nitrogens with zero attached hydrogens (tertiary/aromatic N) is 1. The number of nitriles is 1. The summed E-state index contributed by atoms with van der Waals surface area (Å²) in [6.45, 7) is -0.340. The van der Waals surface area contributed by atoms with Crippen LogP contribution in [-0.2, 0) is 9.63 Å². The van der Waals surface area contributed by atoms with E-state index in [1.54, 1.807) is 0 Å². The van der Waals surface area contributed by atoms with Crippen LogP contribution in [0.25, 0.3) is 0 Å². The van der Waals surface area contributed by atoms with Crippen LogP contribution in [0.2, 0.25) is 0 Å². The molecule has 0 fully saturated rings. The predicted octanol–water partition coefficient (Wildman–Crippen LogP) is 2.36. The highest BCUT2D eigenvalue weighted by Gasteiger charge is 2.17. The fourth-order valence-corrected chi connectivity index (χ4v) is 2.75. The summed E-state index contributed by atoms with van der Waals surface area (Å²) < 4.78 is 6.40. The monoisotopic (exact) mass is 390 g/mol. The topological polar surface area (TPSA) is 85.3 Å². The van der Waals surface area contributed by atoms with Crippen molar-refractivity contribution in [2.75, 3.05) is 6.61 Å². The maximum Gasteiger partial charge on any atom is 0.362 e. The molecule has 0 aliphatic rings. The highest BCUT2D eigenvalue weighted by atomic mass is 79.9. The van der Waals surface area contributed by atoms with Crippen molar-refractivity contribution >= 4 is 61.6 Å². The van der Waals surface area contributed by atoms with Gasteiger partial charge in [0.25, 0.3) is 0 Å². The second-order valence-corrected chi connectivity index (χ2v) is 5.37. The predicted molar refractivity (Wildman–Crippen MR) is 67.5 cm³/mol. The molecule has 0 saturated heterocycles. The largest absolute Gasteiger partial charge is 0.478 e. The van der Waals surface area contributed by atoms with Crippen molar-refractivity contribution in [2.45, 2.75) is 0 Å². The molecule has 0 spiro atoms. The first-order valence-corrected chi connectivity index (χ1v) is 5.90. The second-order valence-electron chi connectivity index (χ2n) is 2.24. The molecule has 88 valence electrons. The molecule has 0 saturated carbocycles. The average molecular weight is 392 g/mol. The van der Waals surface area contributed by atoms with Gasteiger partial charge in [0, 0.05) is 0 Å². The minimum atomic E-state index is -0.715. The number of hydrogen-bond acceptors (Lipinski definition) is 6. The van der Waals surface area contributed by atoms with E-state index in [4.69, 9.17) is 10.00 Å². The Hall–Kier alpha value is -0.330. The third kappa shape index (κ3) is 3.61. The van der Waals surface area contributed by atoms with Gasteiger partial charge in [-0.25, -0.2) is 4.79 Å². The molecule has 9 heteroatoms. The summed E-state index contributed by atoms with van der Waals surface area (Å²) in [4.78, 5) is 15.0. The zero-order valence-electron chi connectivity index (χ0n) is 7.53. The van der Waals surface area contributed by atoms with Crippen LogP contribution in [0, 0.1) is 11.3 Å². The SMILES string of the molecule is Cl.N#Cc1sc(Br)c(Br)c1OCC(=O)ON. The van der Waals surface area contributed by atoms with Gasteiger partial charge in [0.15, 0.2) is 12.4 Å². The smallest absolute Gasteiger partial charge is 0.362 e. The zero-order chi connectivity index (χ0) is 11.4. The van der Waals surface area contributed by atoms with Crippen LogP contribution < -0.4 is 10.6 Å². The number of hydrogen-bond donors (Lipinski definition) is 1. The quantitative estimate of drug-likeness (QED) is 0.798. The Morgan fingerprint density at radius 2 is 2.19 bits per heavy atom. The first kappa shape index (κ1) is 15.7. The molecule has 1 rings (SSSR count). The van der Waals surface area contributed by atoms with Gasteiger partial charge in [0.2, 0.25) is 0 Å². The van der Waals surface area contributed by atoms with E-state index in [0.717, 1.165) is 3.79 Å². The molecule has 16 heavy (non-hydrogen) atoms. The Kier molecular flexibility index (Phi) is 6.94. The van der Waals surface area contributed by atoms with Crippen molar-refractivity contribution in [2.24, 2.45) is 5.90 Å². The van der Waals surface area contributed by atoms with Gasteiger partial charge in [-0.1, -0.05) is 0 Å². The fourth-order valence-electron chi connectivity index (χ4n) is 0.737. The van der Waals surface area contributed by atoms with Gasteiger partial charge in [0.05, 0.1) is 8.26 Å². The molecule has 0 amide bonds. The molecule has 0 aliphatic carbocycles. The lowest BCUT2D eigenvalue weighted by Gasteiger charge is -2.02. The Labute approximate surface area is 118 Å². The number of thiophene rings is 1. The summed E-state index contributed by atoms with van der Waals surface area (Å²) in [5, 5.41) is 8.78. The third-order valence-electron chi connectivity index (χ3n) is 1.34. The average Bonchev–Trinajstić information content (AvgIpc) is 2.52. The lowest BCUT2D eigenvalue weighted by Crippen LogP contribution is -2.18. The van der Waals surface area contributed by atoms with Crippen molar-refractivity contribution in [3.05, 3.63) is 13.1 Å². The van der Waals surface area contributed by atoms with E-state index < -0.39 is 5.97 Å². The van der Waals surface area contributed by atoms with Gasteiger partial charge < -0.3 is 9.57 Å². The molecule has 1 aromatic rings. The van der Waals surface area contributed by atoms with E-state index in [0.29, 0.717) is 15.1 Å². The van der Waals surface area contributed by atoms with E-state index in [2.05, 4.69) is 42.6 Å². The highest BCUT2D eigenvalue weighted by molar-refractivity contribution is 9.13. The van der Waals surface area contributed by atoms with Gasteiger partial charge in [-0.05, 0) is 31.9 Å². The molecule has 0 radical (unpaired) electrons. The van der Waals surface area contributed by atoms with E-state index in [1.165, 1.54) is 11.3 Å². The van der Waals surface area contributed by atoms with Crippen LogP contribution >= 0.6 is 55.6 Å². The zero-order valence-corrected chi connectivity index (χ0v) is 12.3. The highest BCUT2D eigenvalue weighted by Crippen LogP contribution is 2.42. The number of carbonyl (C=O) groups is 1. The summed E-state index contributed by atoms with van der Waals surface area (Å²) >= 11 is 7.65. The lowest BCUT2D eigenvalue weighted by molar-refractivity contribution is -0.146. The van der Waals surface area contributed by atoms with Crippen molar-refractivity contribution in [3.63, 3.8) is 0 Å². The van der Waals surface area contributed by atoms with Gasteiger partial charge in [0.1, 0.15) is 10.9 Å². The molecular formula is C7H5Br2ClN2O3S. The lowest BCUT2D eigenvalue weighted by atomic mass is 10.4. The molecular weight excluding hydrogens is 387 g/mol. The van der Waals surface area contributed by atoms with Crippen LogP contribution in [0.4, 0.5) is 0 Å². The number of carbonyl (C=O) groups excluding carboxylic acids is 1. The van der Waals surface area contributed by atoms with Crippen LogP contribution in [0.15, 0.2) is 8.26 Å². The van der Waals surface area contributed by atoms with E-state index in [-0.39, 0.29) is 19.0 Å². The third-order valence-corrected chi connectivity index (χ3v) is 4.63.